The molecule has 0 aliphatic carbocycles. The summed E-state index contributed by atoms with van der Waals surface area (Å²) < 4.78 is 11.7. The summed E-state index contributed by atoms with van der Waals surface area (Å²) in [6.07, 6.45) is 5.37. The fraction of sp³-hybridized carbons (Fsp3) is 0.273. The van der Waals surface area contributed by atoms with Gasteiger partial charge in [-0.3, -0.25) is 0 Å². The van der Waals surface area contributed by atoms with Gasteiger partial charge in [-0.05, 0) is 37.1 Å². The van der Waals surface area contributed by atoms with Crippen LogP contribution in [0, 0.1) is 0 Å². The SMILES string of the molecule is CCOC(=O)/C=C/c1cnn(-c2nc(Cl)cc(NCc3ccc(OC)cc3)n2)c1CC. The second kappa shape index (κ2) is 10.6. The molecule has 162 valence electrons. The van der Waals surface area contributed by atoms with Crippen LogP contribution in [0.3, 0.4) is 0 Å². The molecule has 1 N–H and O–H groups in total. The molecule has 0 saturated carbocycles. The number of ether oxygens (including phenoxy) is 2. The van der Waals surface area contributed by atoms with Gasteiger partial charge in [-0.2, -0.15) is 15.1 Å². The van der Waals surface area contributed by atoms with Gasteiger partial charge in [0.25, 0.3) is 5.95 Å². The van der Waals surface area contributed by atoms with Gasteiger partial charge in [0.2, 0.25) is 0 Å². The molecule has 9 heteroatoms. The molecule has 0 saturated heterocycles. The topological polar surface area (TPSA) is 91.2 Å². The van der Waals surface area contributed by atoms with E-state index < -0.39 is 5.97 Å². The molecule has 0 aliphatic rings. The second-order valence-corrected chi connectivity index (χ2v) is 6.86. The summed E-state index contributed by atoms with van der Waals surface area (Å²) in [6.45, 7) is 4.64. The Kier molecular flexibility index (Phi) is 7.61. The Morgan fingerprint density at radius 3 is 2.68 bits per heavy atom. The molecule has 0 spiro atoms. The lowest BCUT2D eigenvalue weighted by Crippen LogP contribution is -2.10. The summed E-state index contributed by atoms with van der Waals surface area (Å²) in [5.74, 6) is 1.32. The molecule has 2 aromatic heterocycles. The van der Waals surface area contributed by atoms with Gasteiger partial charge < -0.3 is 14.8 Å². The Hall–Kier alpha value is -3.39. The predicted octanol–water partition coefficient (Wildman–Crippen LogP) is 4.08. The highest BCUT2D eigenvalue weighted by Crippen LogP contribution is 2.20. The van der Waals surface area contributed by atoms with Gasteiger partial charge in [0.05, 0.1) is 25.6 Å². The van der Waals surface area contributed by atoms with Crippen LogP contribution in [0.1, 0.15) is 30.7 Å². The lowest BCUT2D eigenvalue weighted by atomic mass is 10.2. The summed E-state index contributed by atoms with van der Waals surface area (Å²) in [5, 5.41) is 7.94. The van der Waals surface area contributed by atoms with Crippen LogP contribution in [0.25, 0.3) is 12.0 Å². The van der Waals surface area contributed by atoms with Crippen LogP contribution in [0.5, 0.6) is 5.75 Å². The number of rotatable bonds is 9. The number of aromatic nitrogens is 4. The summed E-state index contributed by atoms with van der Waals surface area (Å²) in [5.41, 5.74) is 2.70. The quantitative estimate of drug-likeness (QED) is 0.304. The van der Waals surface area contributed by atoms with E-state index in [1.54, 1.807) is 37.1 Å². The average molecular weight is 442 g/mol. The Morgan fingerprint density at radius 2 is 2.00 bits per heavy atom. The highest BCUT2D eigenvalue weighted by Gasteiger charge is 2.13. The van der Waals surface area contributed by atoms with Crippen LogP contribution in [0.4, 0.5) is 5.82 Å². The van der Waals surface area contributed by atoms with Crippen molar-refractivity contribution >= 4 is 29.5 Å². The van der Waals surface area contributed by atoms with Crippen LogP contribution in [-0.4, -0.2) is 39.4 Å². The maximum absolute atomic E-state index is 11.6. The minimum atomic E-state index is -0.402. The molecular formula is C22H24ClN5O3. The van der Waals surface area contributed by atoms with Crippen LogP contribution in [-0.2, 0) is 22.5 Å². The van der Waals surface area contributed by atoms with Crippen molar-refractivity contribution in [1.29, 1.82) is 0 Å². The highest BCUT2D eigenvalue weighted by molar-refractivity contribution is 6.29. The van der Waals surface area contributed by atoms with E-state index in [-0.39, 0.29) is 0 Å². The zero-order chi connectivity index (χ0) is 22.2. The third kappa shape index (κ3) is 5.82. The van der Waals surface area contributed by atoms with Gasteiger partial charge in [0.15, 0.2) is 0 Å². The third-order valence-electron chi connectivity index (χ3n) is 4.43. The molecule has 2 heterocycles. The molecule has 0 aliphatic heterocycles. The summed E-state index contributed by atoms with van der Waals surface area (Å²) in [6, 6.07) is 9.40. The first-order valence-electron chi connectivity index (χ1n) is 9.87. The number of carbonyl (C=O) groups excluding carboxylic acids is 1. The third-order valence-corrected chi connectivity index (χ3v) is 4.62. The zero-order valence-electron chi connectivity index (χ0n) is 17.6. The van der Waals surface area contributed by atoms with Gasteiger partial charge in [0, 0.05) is 24.3 Å². The first-order chi connectivity index (χ1) is 15.0. The average Bonchev–Trinajstić information content (AvgIpc) is 3.19. The molecule has 0 amide bonds. The molecule has 0 bridgehead atoms. The number of halogens is 1. The summed E-state index contributed by atoms with van der Waals surface area (Å²) in [4.78, 5) is 20.5. The predicted molar refractivity (Wildman–Crippen MR) is 120 cm³/mol. The molecule has 0 fully saturated rings. The molecule has 0 radical (unpaired) electrons. The number of anilines is 1. The maximum Gasteiger partial charge on any atom is 0.330 e. The molecule has 8 nitrogen and oxygen atoms in total. The zero-order valence-corrected chi connectivity index (χ0v) is 18.4. The smallest absolute Gasteiger partial charge is 0.330 e. The second-order valence-electron chi connectivity index (χ2n) is 6.47. The fourth-order valence-electron chi connectivity index (χ4n) is 2.93. The molecule has 1 aromatic carbocycles. The van der Waals surface area contributed by atoms with E-state index >= 15 is 0 Å². The lowest BCUT2D eigenvalue weighted by Gasteiger charge is -2.10. The van der Waals surface area contributed by atoms with Crippen LogP contribution >= 0.6 is 11.6 Å². The van der Waals surface area contributed by atoms with Crippen molar-refractivity contribution in [3.63, 3.8) is 0 Å². The van der Waals surface area contributed by atoms with E-state index in [9.17, 15) is 4.79 Å². The van der Waals surface area contributed by atoms with E-state index in [1.165, 1.54) is 6.08 Å². The number of carbonyl (C=O) groups is 1. The van der Waals surface area contributed by atoms with E-state index in [1.807, 2.05) is 31.2 Å². The molecular weight excluding hydrogens is 418 g/mol. The van der Waals surface area contributed by atoms with Gasteiger partial charge in [-0.1, -0.05) is 30.7 Å². The van der Waals surface area contributed by atoms with Gasteiger partial charge in [0.1, 0.15) is 16.7 Å². The van der Waals surface area contributed by atoms with Gasteiger partial charge >= 0.3 is 5.97 Å². The number of nitrogens with zero attached hydrogens (tertiary/aromatic N) is 4. The van der Waals surface area contributed by atoms with Crippen LogP contribution in [0.15, 0.2) is 42.6 Å². The van der Waals surface area contributed by atoms with E-state index in [0.29, 0.717) is 36.5 Å². The molecule has 3 aromatic rings. The number of hydrogen-bond acceptors (Lipinski definition) is 7. The Bertz CT molecular complexity index is 1060. The van der Waals surface area contributed by atoms with Crippen molar-refractivity contribution in [3.05, 3.63) is 64.6 Å². The number of nitrogens with one attached hydrogen (secondary N) is 1. The van der Waals surface area contributed by atoms with Gasteiger partial charge in [-0.25, -0.2) is 9.48 Å². The highest BCUT2D eigenvalue weighted by atomic mass is 35.5. The van der Waals surface area contributed by atoms with E-state index in [2.05, 4.69) is 20.4 Å². The molecule has 3 rings (SSSR count). The Balaban J connectivity index is 1.81. The first kappa shape index (κ1) is 22.3. The van der Waals surface area contributed by atoms with Crippen molar-refractivity contribution < 1.29 is 14.3 Å². The van der Waals surface area contributed by atoms with E-state index in [0.717, 1.165) is 22.6 Å². The monoisotopic (exact) mass is 441 g/mol. The first-order valence-corrected chi connectivity index (χ1v) is 10.2. The summed E-state index contributed by atoms with van der Waals surface area (Å²) in [7, 11) is 1.63. The number of hydrogen-bond donors (Lipinski definition) is 1. The Labute approximate surface area is 185 Å². The lowest BCUT2D eigenvalue weighted by molar-refractivity contribution is -0.137. The molecule has 31 heavy (non-hydrogen) atoms. The number of esters is 1. The normalized spacial score (nSPS) is 11.0. The van der Waals surface area contributed by atoms with Crippen molar-refractivity contribution in [2.45, 2.75) is 26.8 Å². The number of benzene rings is 1. The van der Waals surface area contributed by atoms with Gasteiger partial charge in [-0.15, -0.1) is 0 Å². The van der Waals surface area contributed by atoms with Crippen LogP contribution < -0.4 is 10.1 Å². The maximum atomic E-state index is 11.6. The van der Waals surface area contributed by atoms with Crippen LogP contribution in [0.2, 0.25) is 5.15 Å². The van der Waals surface area contributed by atoms with E-state index in [4.69, 9.17) is 21.1 Å². The fourth-order valence-corrected chi connectivity index (χ4v) is 3.11. The minimum Gasteiger partial charge on any atom is -0.497 e. The van der Waals surface area contributed by atoms with Crippen molar-refractivity contribution in [1.82, 2.24) is 19.7 Å². The van der Waals surface area contributed by atoms with Crippen molar-refractivity contribution in [2.75, 3.05) is 19.0 Å². The van der Waals surface area contributed by atoms with Crippen molar-refractivity contribution in [3.8, 4) is 11.7 Å². The number of methoxy groups -OCH3 is 1. The van der Waals surface area contributed by atoms with Crippen molar-refractivity contribution in [2.24, 2.45) is 0 Å². The standard InChI is InChI=1S/C22H24ClN5O3/c1-4-18-16(8-11-21(29)31-5-2)14-25-28(18)22-26-19(23)12-20(27-22)24-13-15-6-9-17(30-3)10-7-15/h6-12,14H,4-5,13H2,1-3H3,(H,24,26,27)/b11-8+. The Morgan fingerprint density at radius 1 is 1.23 bits per heavy atom. The summed E-state index contributed by atoms with van der Waals surface area (Å²) >= 11 is 6.24. The molecule has 0 atom stereocenters. The molecule has 0 unspecified atom stereocenters. The largest absolute Gasteiger partial charge is 0.497 e. The minimum absolute atomic E-state index is 0.295.